The van der Waals surface area contributed by atoms with Crippen LogP contribution in [0.2, 0.25) is 0 Å². The Bertz CT molecular complexity index is 909. The van der Waals surface area contributed by atoms with Gasteiger partial charge in [-0.3, -0.25) is 4.79 Å². The van der Waals surface area contributed by atoms with Crippen LogP contribution in [0.4, 0.5) is 0 Å². The van der Waals surface area contributed by atoms with Crippen molar-refractivity contribution in [3.8, 4) is 0 Å². The molecule has 50 heavy (non-hydrogen) atoms. The lowest BCUT2D eigenvalue weighted by atomic mass is 9.97. The number of hydrogen-bond acceptors (Lipinski definition) is 13. The molecule has 1 amide bonds. The Kier molecular flexibility index (Phi) is 23.0. The highest BCUT2D eigenvalue weighted by molar-refractivity contribution is 5.75. The van der Waals surface area contributed by atoms with Crippen LogP contribution in [0.5, 0.6) is 0 Å². The Balaban J connectivity index is 1.78. The summed E-state index contributed by atoms with van der Waals surface area (Å²) in [6.07, 6.45) is 5.30. The molecule has 14 nitrogen and oxygen atoms in total. The van der Waals surface area contributed by atoms with Gasteiger partial charge in [-0.05, 0) is 12.8 Å². The van der Waals surface area contributed by atoms with E-state index in [9.17, 15) is 45.6 Å². The summed E-state index contributed by atoms with van der Waals surface area (Å²) >= 11 is 0. The van der Waals surface area contributed by atoms with Crippen molar-refractivity contribution in [2.45, 2.75) is 190 Å². The van der Waals surface area contributed by atoms with Crippen molar-refractivity contribution in [1.82, 2.24) is 5.32 Å². The SMILES string of the molecule is CCCCCCCCCCCCCCCC/C=C/C(O)C(COC1OC(CO)C(OC2OC(CO)C(O)C(O)C2O)C(O)C1O)NC(=O)CC. The number of ether oxygens (including phenoxy) is 4. The summed E-state index contributed by atoms with van der Waals surface area (Å²) in [5.74, 6) is -0.329. The maximum absolute atomic E-state index is 12.2. The number of amides is 1. The van der Waals surface area contributed by atoms with Crippen molar-refractivity contribution < 1.29 is 64.6 Å². The molecule has 0 aromatic carbocycles. The van der Waals surface area contributed by atoms with E-state index in [1.54, 1.807) is 13.0 Å². The van der Waals surface area contributed by atoms with Crippen molar-refractivity contribution in [1.29, 1.82) is 0 Å². The maximum Gasteiger partial charge on any atom is 0.220 e. The van der Waals surface area contributed by atoms with Crippen LogP contribution in [0.1, 0.15) is 117 Å². The van der Waals surface area contributed by atoms with Crippen molar-refractivity contribution in [2.75, 3.05) is 19.8 Å². The molecule has 0 aromatic rings. The summed E-state index contributed by atoms with van der Waals surface area (Å²) in [6, 6.07) is -0.904. The predicted molar refractivity (Wildman–Crippen MR) is 185 cm³/mol. The van der Waals surface area contributed by atoms with Crippen LogP contribution in [0.15, 0.2) is 12.2 Å². The minimum Gasteiger partial charge on any atom is -0.394 e. The molecule has 2 rings (SSSR count). The maximum atomic E-state index is 12.2. The number of aliphatic hydroxyl groups excluding tert-OH is 8. The normalized spacial score (nSPS) is 31.6. The van der Waals surface area contributed by atoms with Crippen LogP contribution in [0.3, 0.4) is 0 Å². The van der Waals surface area contributed by atoms with E-state index in [1.807, 2.05) is 6.08 Å². The topological polar surface area (TPSA) is 228 Å². The second kappa shape index (κ2) is 25.7. The first kappa shape index (κ1) is 44.9. The van der Waals surface area contributed by atoms with Gasteiger partial charge in [-0.1, -0.05) is 109 Å². The Morgan fingerprint density at radius 3 is 1.76 bits per heavy atom. The Morgan fingerprint density at radius 1 is 0.700 bits per heavy atom. The number of unbranched alkanes of at least 4 members (excludes halogenated alkanes) is 14. The molecule has 0 radical (unpaired) electrons. The van der Waals surface area contributed by atoms with E-state index in [-0.39, 0.29) is 18.9 Å². The molecule has 0 saturated carbocycles. The van der Waals surface area contributed by atoms with Gasteiger partial charge >= 0.3 is 0 Å². The molecule has 9 N–H and O–H groups in total. The minimum absolute atomic E-state index is 0.163. The van der Waals surface area contributed by atoms with Gasteiger partial charge in [-0.15, -0.1) is 0 Å². The highest BCUT2D eigenvalue weighted by atomic mass is 16.7. The van der Waals surface area contributed by atoms with E-state index < -0.39 is 86.8 Å². The molecular weight excluding hydrogens is 654 g/mol. The first-order valence-corrected chi connectivity index (χ1v) is 18.9. The lowest BCUT2D eigenvalue weighted by Crippen LogP contribution is -2.65. The van der Waals surface area contributed by atoms with Gasteiger partial charge < -0.3 is 65.1 Å². The third-order valence-electron chi connectivity index (χ3n) is 9.54. The molecule has 2 heterocycles. The summed E-state index contributed by atoms with van der Waals surface area (Å²) in [5, 5.41) is 85.0. The molecule has 12 unspecified atom stereocenters. The number of rotatable bonds is 26. The summed E-state index contributed by atoms with van der Waals surface area (Å²) in [6.45, 7) is 2.19. The van der Waals surface area contributed by atoms with E-state index in [2.05, 4.69) is 12.2 Å². The van der Waals surface area contributed by atoms with Crippen LogP contribution < -0.4 is 5.32 Å². The second-order valence-electron chi connectivity index (χ2n) is 13.7. The van der Waals surface area contributed by atoms with E-state index >= 15 is 0 Å². The number of aliphatic hydroxyl groups is 8. The van der Waals surface area contributed by atoms with Gasteiger partial charge in [-0.25, -0.2) is 0 Å². The predicted octanol–water partition coefficient (Wildman–Crippen LogP) is 1.31. The zero-order valence-electron chi connectivity index (χ0n) is 30.1. The van der Waals surface area contributed by atoms with Crippen molar-refractivity contribution in [3.63, 3.8) is 0 Å². The molecule has 0 aromatic heterocycles. The molecule has 294 valence electrons. The van der Waals surface area contributed by atoms with Gasteiger partial charge in [0.2, 0.25) is 5.91 Å². The average Bonchev–Trinajstić information content (AvgIpc) is 3.12. The molecule has 0 bridgehead atoms. The zero-order valence-corrected chi connectivity index (χ0v) is 30.1. The summed E-state index contributed by atoms with van der Waals surface area (Å²) < 4.78 is 22.2. The molecule has 2 aliphatic heterocycles. The van der Waals surface area contributed by atoms with E-state index in [0.29, 0.717) is 0 Å². The standard InChI is InChI=1S/C36H67NO13/c1-3-5-6-7-8-9-10-11-12-13-14-15-16-17-18-19-20-25(40)24(37-28(41)4-2)23-47-35-33(46)31(44)34(27(22-39)49-35)50-36-32(45)30(43)29(42)26(21-38)48-36/h19-20,24-27,29-36,38-40,42-46H,3-18,21-23H2,1-2H3,(H,37,41)/b20-19+. The van der Waals surface area contributed by atoms with Gasteiger partial charge in [0, 0.05) is 6.42 Å². The number of nitrogens with one attached hydrogen (secondary N) is 1. The van der Waals surface area contributed by atoms with E-state index in [4.69, 9.17) is 18.9 Å². The Hall–Kier alpha value is -1.27. The zero-order chi connectivity index (χ0) is 36.9. The van der Waals surface area contributed by atoms with Gasteiger partial charge in [0.1, 0.15) is 48.8 Å². The lowest BCUT2D eigenvalue weighted by molar-refractivity contribution is -0.359. The molecule has 12 atom stereocenters. The van der Waals surface area contributed by atoms with Crippen LogP contribution in [-0.2, 0) is 23.7 Å². The average molecular weight is 722 g/mol. The second-order valence-corrected chi connectivity index (χ2v) is 13.7. The van der Waals surface area contributed by atoms with Crippen LogP contribution >= 0.6 is 0 Å². The summed E-state index contributed by atoms with van der Waals surface area (Å²) in [5.41, 5.74) is 0. The number of allylic oxidation sites excluding steroid dienone is 1. The third kappa shape index (κ3) is 15.4. The Morgan fingerprint density at radius 2 is 1.22 bits per heavy atom. The first-order chi connectivity index (χ1) is 24.1. The monoisotopic (exact) mass is 721 g/mol. The van der Waals surface area contributed by atoms with Gasteiger partial charge in [0.05, 0.1) is 32.0 Å². The smallest absolute Gasteiger partial charge is 0.220 e. The van der Waals surface area contributed by atoms with E-state index in [1.165, 1.54) is 77.0 Å². The van der Waals surface area contributed by atoms with Crippen LogP contribution in [-0.4, -0.2) is 140 Å². The lowest BCUT2D eigenvalue weighted by Gasteiger charge is -2.46. The van der Waals surface area contributed by atoms with Crippen LogP contribution in [0, 0.1) is 0 Å². The largest absolute Gasteiger partial charge is 0.394 e. The third-order valence-corrected chi connectivity index (χ3v) is 9.54. The van der Waals surface area contributed by atoms with Gasteiger partial charge in [-0.2, -0.15) is 0 Å². The van der Waals surface area contributed by atoms with Crippen molar-refractivity contribution >= 4 is 5.91 Å². The molecule has 0 aliphatic carbocycles. The molecule has 2 saturated heterocycles. The van der Waals surface area contributed by atoms with Crippen LogP contribution in [0.25, 0.3) is 0 Å². The van der Waals surface area contributed by atoms with Gasteiger partial charge in [0.25, 0.3) is 0 Å². The summed E-state index contributed by atoms with van der Waals surface area (Å²) in [4.78, 5) is 12.2. The van der Waals surface area contributed by atoms with Crippen molar-refractivity contribution in [3.05, 3.63) is 12.2 Å². The molecule has 2 aliphatic rings. The summed E-state index contributed by atoms with van der Waals surface area (Å²) in [7, 11) is 0. The number of carbonyl (C=O) groups excluding carboxylic acids is 1. The van der Waals surface area contributed by atoms with Crippen molar-refractivity contribution in [2.24, 2.45) is 0 Å². The Labute approximate surface area is 297 Å². The minimum atomic E-state index is -1.78. The molecule has 14 heteroatoms. The van der Waals surface area contributed by atoms with Gasteiger partial charge in [0.15, 0.2) is 12.6 Å². The molecular formula is C36H67NO13. The fourth-order valence-electron chi connectivity index (χ4n) is 6.25. The van der Waals surface area contributed by atoms with E-state index in [0.717, 1.165) is 19.3 Å². The number of carbonyl (C=O) groups is 1. The fraction of sp³-hybridized carbons (Fsp3) is 0.917. The highest BCUT2D eigenvalue weighted by Crippen LogP contribution is 2.29. The molecule has 2 fully saturated rings. The molecule has 0 spiro atoms. The fourth-order valence-corrected chi connectivity index (χ4v) is 6.25. The number of hydrogen-bond donors (Lipinski definition) is 9. The quantitative estimate of drug-likeness (QED) is 0.0454. The highest BCUT2D eigenvalue weighted by Gasteiger charge is 2.50. The first-order valence-electron chi connectivity index (χ1n) is 18.9.